The molecule has 14 heavy (non-hydrogen) atoms. The van der Waals surface area contributed by atoms with Gasteiger partial charge in [-0.05, 0) is 55.2 Å². The fraction of sp³-hybridized carbons (Fsp3) is 0.615. The Morgan fingerprint density at radius 3 is 2.79 bits per heavy atom. The van der Waals surface area contributed by atoms with Crippen LogP contribution in [0.25, 0.3) is 0 Å². The van der Waals surface area contributed by atoms with E-state index in [1.807, 2.05) is 0 Å². The van der Waals surface area contributed by atoms with E-state index >= 15 is 0 Å². The molecule has 2 rings (SSSR count). The number of aryl methyl sites for hydroxylation is 1. The molecule has 0 aliphatic heterocycles. The maximum absolute atomic E-state index is 4.52. The van der Waals surface area contributed by atoms with E-state index < -0.39 is 0 Å². The van der Waals surface area contributed by atoms with E-state index in [0.717, 1.165) is 0 Å². The van der Waals surface area contributed by atoms with Crippen LogP contribution in [0.3, 0.4) is 0 Å². The van der Waals surface area contributed by atoms with E-state index in [4.69, 9.17) is 0 Å². The molecule has 1 aromatic rings. The average Bonchev–Trinajstić information content (AvgIpc) is 2.67. The summed E-state index contributed by atoms with van der Waals surface area (Å²) in [6.45, 7) is 6.71. The summed E-state index contributed by atoms with van der Waals surface area (Å²) in [5.74, 6) is 0.676. The Kier molecular flexibility index (Phi) is 2.58. The summed E-state index contributed by atoms with van der Waals surface area (Å²) >= 11 is 0. The zero-order chi connectivity index (χ0) is 10.1. The number of hydrogen-bond donors (Lipinski definition) is 0. The first-order valence-corrected chi connectivity index (χ1v) is 5.71. The third-order valence-electron chi connectivity index (χ3n) is 3.54. The summed E-state index contributed by atoms with van der Waals surface area (Å²) in [6.07, 6.45) is 7.17. The van der Waals surface area contributed by atoms with Crippen LogP contribution in [0.1, 0.15) is 55.0 Å². The Balaban J connectivity index is 2.48. The van der Waals surface area contributed by atoms with Crippen LogP contribution < -0.4 is 0 Å². The van der Waals surface area contributed by atoms with Gasteiger partial charge in [0.15, 0.2) is 0 Å². The molecule has 76 valence electrons. The molecule has 0 radical (unpaired) electrons. The highest BCUT2D eigenvalue weighted by molar-refractivity contribution is 5.41. The lowest BCUT2D eigenvalue weighted by molar-refractivity contribution is 0.718. The van der Waals surface area contributed by atoms with Crippen LogP contribution in [0.4, 0.5) is 0 Å². The molecule has 0 saturated heterocycles. The first-order chi connectivity index (χ1) is 6.74. The lowest BCUT2D eigenvalue weighted by Gasteiger charge is -2.14. The summed E-state index contributed by atoms with van der Waals surface area (Å²) < 4.78 is 0. The minimum Gasteiger partial charge on any atom is -0.261 e. The lowest BCUT2D eigenvalue weighted by atomic mass is 9.93. The number of rotatable bonds is 2. The number of aromatic nitrogens is 1. The van der Waals surface area contributed by atoms with Crippen LogP contribution >= 0.6 is 0 Å². The van der Waals surface area contributed by atoms with Gasteiger partial charge in [-0.1, -0.05) is 13.8 Å². The molecule has 0 saturated carbocycles. The van der Waals surface area contributed by atoms with Gasteiger partial charge in [0.2, 0.25) is 0 Å². The standard InChI is InChI=1S/C13H19N/c1-4-9(2)13-8-14-10(3)11-6-5-7-12(11)13/h8-9H,4-7H2,1-3H3. The van der Waals surface area contributed by atoms with Crippen LogP contribution in [-0.4, -0.2) is 4.98 Å². The minimum atomic E-state index is 0.676. The van der Waals surface area contributed by atoms with Crippen molar-refractivity contribution in [3.8, 4) is 0 Å². The molecule has 1 heterocycles. The summed E-state index contributed by atoms with van der Waals surface area (Å²) in [6, 6.07) is 0. The van der Waals surface area contributed by atoms with Crippen LogP contribution in [0.15, 0.2) is 6.20 Å². The molecule has 1 aromatic heterocycles. The third-order valence-corrected chi connectivity index (χ3v) is 3.54. The van der Waals surface area contributed by atoms with Crippen LogP contribution in [0.2, 0.25) is 0 Å². The quantitative estimate of drug-likeness (QED) is 0.695. The highest BCUT2D eigenvalue weighted by Gasteiger charge is 2.19. The predicted molar refractivity (Wildman–Crippen MR) is 59.7 cm³/mol. The van der Waals surface area contributed by atoms with Crippen molar-refractivity contribution in [3.63, 3.8) is 0 Å². The van der Waals surface area contributed by atoms with Gasteiger partial charge in [-0.3, -0.25) is 4.98 Å². The number of pyridine rings is 1. The fourth-order valence-electron chi connectivity index (χ4n) is 2.43. The molecule has 1 aliphatic carbocycles. The van der Waals surface area contributed by atoms with Crippen LogP contribution in [0.5, 0.6) is 0 Å². The molecule has 1 unspecified atom stereocenters. The van der Waals surface area contributed by atoms with Crippen molar-refractivity contribution in [1.82, 2.24) is 4.98 Å². The van der Waals surface area contributed by atoms with Crippen LogP contribution in [0, 0.1) is 6.92 Å². The Morgan fingerprint density at radius 1 is 1.36 bits per heavy atom. The summed E-state index contributed by atoms with van der Waals surface area (Å²) in [5.41, 5.74) is 5.92. The average molecular weight is 189 g/mol. The summed E-state index contributed by atoms with van der Waals surface area (Å²) in [4.78, 5) is 4.52. The maximum Gasteiger partial charge on any atom is 0.0407 e. The van der Waals surface area contributed by atoms with Gasteiger partial charge in [-0.25, -0.2) is 0 Å². The van der Waals surface area contributed by atoms with Gasteiger partial charge in [-0.2, -0.15) is 0 Å². The monoisotopic (exact) mass is 189 g/mol. The molecule has 0 amide bonds. The SMILES string of the molecule is CCC(C)c1cnc(C)c2c1CCC2. The van der Waals surface area contributed by atoms with Gasteiger partial charge in [0, 0.05) is 11.9 Å². The Morgan fingerprint density at radius 2 is 2.07 bits per heavy atom. The lowest BCUT2D eigenvalue weighted by Crippen LogP contribution is -2.01. The van der Waals surface area contributed by atoms with Gasteiger partial charge in [-0.15, -0.1) is 0 Å². The van der Waals surface area contributed by atoms with Crippen molar-refractivity contribution >= 4 is 0 Å². The van der Waals surface area contributed by atoms with Gasteiger partial charge in [0.25, 0.3) is 0 Å². The Labute approximate surface area is 86.6 Å². The zero-order valence-corrected chi connectivity index (χ0v) is 9.43. The second-order valence-corrected chi connectivity index (χ2v) is 4.42. The smallest absolute Gasteiger partial charge is 0.0407 e. The van der Waals surface area contributed by atoms with E-state index in [1.54, 1.807) is 11.1 Å². The molecular weight excluding hydrogens is 170 g/mol. The first-order valence-electron chi connectivity index (χ1n) is 5.71. The van der Waals surface area contributed by atoms with Gasteiger partial charge in [0.05, 0.1) is 0 Å². The predicted octanol–water partition coefficient (Wildman–Crippen LogP) is 3.39. The molecule has 1 nitrogen and oxygen atoms in total. The first kappa shape index (κ1) is 9.70. The van der Waals surface area contributed by atoms with Crippen molar-refractivity contribution in [2.75, 3.05) is 0 Å². The molecule has 1 aliphatic rings. The van der Waals surface area contributed by atoms with E-state index in [2.05, 4.69) is 32.0 Å². The zero-order valence-electron chi connectivity index (χ0n) is 9.43. The van der Waals surface area contributed by atoms with Crippen LogP contribution in [-0.2, 0) is 12.8 Å². The van der Waals surface area contributed by atoms with Crippen molar-refractivity contribution in [2.45, 2.75) is 52.4 Å². The fourth-order valence-corrected chi connectivity index (χ4v) is 2.43. The van der Waals surface area contributed by atoms with Crippen molar-refractivity contribution in [1.29, 1.82) is 0 Å². The van der Waals surface area contributed by atoms with Crippen molar-refractivity contribution in [3.05, 3.63) is 28.6 Å². The number of fused-ring (bicyclic) bond motifs is 1. The van der Waals surface area contributed by atoms with E-state index in [-0.39, 0.29) is 0 Å². The van der Waals surface area contributed by atoms with E-state index in [0.29, 0.717) is 5.92 Å². The number of hydrogen-bond acceptors (Lipinski definition) is 1. The third kappa shape index (κ3) is 1.45. The number of nitrogens with zero attached hydrogens (tertiary/aromatic N) is 1. The summed E-state index contributed by atoms with van der Waals surface area (Å²) in [5, 5.41) is 0. The van der Waals surface area contributed by atoms with E-state index in [9.17, 15) is 0 Å². The molecule has 1 heteroatoms. The van der Waals surface area contributed by atoms with Gasteiger partial charge in [0.1, 0.15) is 0 Å². The van der Waals surface area contributed by atoms with Crippen molar-refractivity contribution in [2.24, 2.45) is 0 Å². The molecular formula is C13H19N. The Bertz CT molecular complexity index is 341. The van der Waals surface area contributed by atoms with E-state index in [1.165, 1.54) is 36.9 Å². The molecule has 0 N–H and O–H groups in total. The second kappa shape index (κ2) is 3.72. The molecule has 0 bridgehead atoms. The topological polar surface area (TPSA) is 12.9 Å². The molecule has 0 fully saturated rings. The van der Waals surface area contributed by atoms with Gasteiger partial charge < -0.3 is 0 Å². The Hall–Kier alpha value is -0.850. The van der Waals surface area contributed by atoms with Gasteiger partial charge >= 0.3 is 0 Å². The molecule has 1 atom stereocenters. The molecule has 0 spiro atoms. The molecule has 0 aromatic carbocycles. The maximum atomic E-state index is 4.52. The highest BCUT2D eigenvalue weighted by Crippen LogP contribution is 2.31. The minimum absolute atomic E-state index is 0.676. The highest BCUT2D eigenvalue weighted by atomic mass is 14.7. The van der Waals surface area contributed by atoms with Crippen molar-refractivity contribution < 1.29 is 0 Å². The summed E-state index contributed by atoms with van der Waals surface area (Å²) in [7, 11) is 0. The second-order valence-electron chi connectivity index (χ2n) is 4.42. The normalized spacial score (nSPS) is 16.8. The largest absolute Gasteiger partial charge is 0.261 e.